The van der Waals surface area contributed by atoms with Crippen LogP contribution in [0.1, 0.15) is 44.9 Å². The van der Waals surface area contributed by atoms with Crippen molar-refractivity contribution in [1.29, 1.82) is 0 Å². The normalized spacial score (nSPS) is 12.8. The van der Waals surface area contributed by atoms with Crippen molar-refractivity contribution in [3.05, 3.63) is 154 Å². The lowest BCUT2D eigenvalue weighted by molar-refractivity contribution is -0.142. The van der Waals surface area contributed by atoms with Gasteiger partial charge in [0.1, 0.15) is 12.1 Å². The number of rotatable bonds is 14. The van der Waals surface area contributed by atoms with Gasteiger partial charge in [-0.15, -0.1) is 11.3 Å². The molecule has 0 fully saturated rings. The Balaban J connectivity index is 1.42. The Morgan fingerprint density at radius 2 is 1.39 bits per heavy atom. The van der Waals surface area contributed by atoms with Crippen molar-refractivity contribution in [3.63, 3.8) is 0 Å². The first-order chi connectivity index (χ1) is 23.7. The molecule has 5 aromatic rings. The summed E-state index contributed by atoms with van der Waals surface area (Å²) in [6, 6.07) is 37.4. The van der Waals surface area contributed by atoms with Gasteiger partial charge in [-0.2, -0.15) is 0 Å². The van der Waals surface area contributed by atoms with Crippen LogP contribution < -0.4 is 11.1 Å². The summed E-state index contributed by atoms with van der Waals surface area (Å²) >= 11 is 1.55. The number of hydrogen-bond acceptors (Lipinski definition) is 5. The molecule has 0 saturated heterocycles. The molecule has 3 N–H and O–H groups in total. The summed E-state index contributed by atoms with van der Waals surface area (Å²) in [7, 11) is 3.32. The molecule has 0 saturated carbocycles. The van der Waals surface area contributed by atoms with Gasteiger partial charge in [0, 0.05) is 50.0 Å². The molecule has 8 heteroatoms. The van der Waals surface area contributed by atoms with E-state index in [4.69, 9.17) is 5.73 Å². The molecule has 1 aromatic heterocycles. The standard InChI is InChI=1S/C41H44N4O3S/c1-29(42)34-16-10-17-35(27-34)40(47)45(3)38(26-31-19-21-33(22-20-31)32-14-8-5-9-15-32)41(48)44(2)37(28-36-18-11-25-49-36)39(46)43-24-23-30-12-6-4-7-13-30/h4-22,25,27,29,37-38H,23-24,26,28,42H2,1-3H3,(H,43,46)/t29?,37-,38-/m1/s1. The minimum absolute atomic E-state index is 0.232. The zero-order chi connectivity index (χ0) is 34.8. The number of benzene rings is 4. The van der Waals surface area contributed by atoms with E-state index < -0.39 is 12.1 Å². The first-order valence-electron chi connectivity index (χ1n) is 16.6. The van der Waals surface area contributed by atoms with E-state index in [1.165, 1.54) is 9.80 Å². The fraction of sp³-hybridized carbons (Fsp3) is 0.244. The molecular weight excluding hydrogens is 629 g/mol. The number of hydrogen-bond donors (Lipinski definition) is 2. The van der Waals surface area contributed by atoms with Gasteiger partial charge in [-0.3, -0.25) is 14.4 Å². The SMILES string of the molecule is CC(N)c1cccc(C(=O)N(C)[C@H](Cc2ccc(-c3ccccc3)cc2)C(=O)N(C)[C@H](Cc2cccs2)C(=O)NCCc2ccccc2)c1. The van der Waals surface area contributed by atoms with Crippen LogP contribution in [0.15, 0.2) is 127 Å². The Hall–Kier alpha value is -5.05. The third-order valence-corrected chi connectivity index (χ3v) is 9.77. The number of nitrogens with one attached hydrogen (secondary N) is 1. The lowest BCUT2D eigenvalue weighted by Gasteiger charge is -2.34. The second-order valence-electron chi connectivity index (χ2n) is 12.4. The number of likely N-dealkylation sites (N-methyl/N-ethyl adjacent to an activating group) is 2. The molecule has 7 nitrogen and oxygen atoms in total. The van der Waals surface area contributed by atoms with Gasteiger partial charge in [-0.1, -0.05) is 103 Å². The average molecular weight is 673 g/mol. The Morgan fingerprint density at radius 1 is 0.714 bits per heavy atom. The van der Waals surface area contributed by atoms with Crippen molar-refractivity contribution >= 4 is 29.1 Å². The highest BCUT2D eigenvalue weighted by Gasteiger charge is 2.35. The summed E-state index contributed by atoms with van der Waals surface area (Å²) in [5.41, 5.74) is 11.6. The third-order valence-electron chi connectivity index (χ3n) is 8.87. The third kappa shape index (κ3) is 9.31. The second-order valence-corrected chi connectivity index (χ2v) is 13.4. The maximum atomic E-state index is 14.6. The van der Waals surface area contributed by atoms with Crippen LogP contribution in [0.5, 0.6) is 0 Å². The summed E-state index contributed by atoms with van der Waals surface area (Å²) in [5, 5.41) is 5.03. The fourth-order valence-electron chi connectivity index (χ4n) is 5.88. The average Bonchev–Trinajstić information content (AvgIpc) is 3.66. The molecule has 0 bridgehead atoms. The van der Waals surface area contributed by atoms with Crippen LogP contribution in [-0.4, -0.2) is 60.2 Å². The van der Waals surface area contributed by atoms with Crippen molar-refractivity contribution in [2.75, 3.05) is 20.6 Å². The van der Waals surface area contributed by atoms with Crippen LogP contribution in [0.2, 0.25) is 0 Å². The molecule has 0 aliphatic rings. The van der Waals surface area contributed by atoms with E-state index in [0.717, 1.165) is 32.7 Å². The van der Waals surface area contributed by atoms with Crippen molar-refractivity contribution in [2.24, 2.45) is 5.73 Å². The molecule has 4 aromatic carbocycles. The van der Waals surface area contributed by atoms with Gasteiger partial charge in [0.15, 0.2) is 0 Å². The first kappa shape index (κ1) is 35.3. The molecule has 0 radical (unpaired) electrons. The highest BCUT2D eigenvalue weighted by atomic mass is 32.1. The summed E-state index contributed by atoms with van der Waals surface area (Å²) in [6.07, 6.45) is 1.31. The quantitative estimate of drug-likeness (QED) is 0.140. The summed E-state index contributed by atoms with van der Waals surface area (Å²) in [6.45, 7) is 2.31. The molecule has 5 rings (SSSR count). The molecule has 0 aliphatic carbocycles. The smallest absolute Gasteiger partial charge is 0.254 e. The number of nitrogens with two attached hydrogens (primary N) is 1. The predicted molar refractivity (Wildman–Crippen MR) is 198 cm³/mol. The molecule has 3 atom stereocenters. The summed E-state index contributed by atoms with van der Waals surface area (Å²) in [5.74, 6) is -0.840. The van der Waals surface area contributed by atoms with E-state index >= 15 is 0 Å². The predicted octanol–water partition coefficient (Wildman–Crippen LogP) is 6.55. The Bertz CT molecular complexity index is 1810. The number of nitrogens with zero attached hydrogens (tertiary/aromatic N) is 2. The van der Waals surface area contributed by atoms with Crippen LogP contribution >= 0.6 is 11.3 Å². The number of thiophene rings is 1. The van der Waals surface area contributed by atoms with Crippen LogP contribution in [0.3, 0.4) is 0 Å². The van der Waals surface area contributed by atoms with E-state index in [-0.39, 0.29) is 30.2 Å². The summed E-state index contributed by atoms with van der Waals surface area (Å²) < 4.78 is 0. The van der Waals surface area contributed by atoms with Gasteiger partial charge in [-0.05, 0) is 64.7 Å². The van der Waals surface area contributed by atoms with Gasteiger partial charge in [-0.25, -0.2) is 0 Å². The zero-order valence-electron chi connectivity index (χ0n) is 28.3. The largest absolute Gasteiger partial charge is 0.354 e. The molecule has 1 heterocycles. The molecular formula is C41H44N4O3S. The fourth-order valence-corrected chi connectivity index (χ4v) is 6.63. The molecule has 0 aliphatic heterocycles. The number of amides is 3. The Kier molecular flexibility index (Phi) is 12.1. The van der Waals surface area contributed by atoms with Crippen molar-refractivity contribution < 1.29 is 14.4 Å². The molecule has 1 unspecified atom stereocenters. The lowest BCUT2D eigenvalue weighted by Crippen LogP contribution is -2.56. The van der Waals surface area contributed by atoms with E-state index in [1.54, 1.807) is 37.6 Å². The van der Waals surface area contributed by atoms with Crippen LogP contribution in [0.25, 0.3) is 11.1 Å². The summed E-state index contributed by atoms with van der Waals surface area (Å²) in [4.78, 5) is 46.4. The molecule has 3 amide bonds. The highest BCUT2D eigenvalue weighted by molar-refractivity contribution is 7.09. The van der Waals surface area contributed by atoms with Crippen LogP contribution in [-0.2, 0) is 28.9 Å². The van der Waals surface area contributed by atoms with Gasteiger partial charge >= 0.3 is 0 Å². The van der Waals surface area contributed by atoms with Gasteiger partial charge in [0.05, 0.1) is 0 Å². The van der Waals surface area contributed by atoms with E-state index in [9.17, 15) is 14.4 Å². The van der Waals surface area contributed by atoms with Gasteiger partial charge in [0.2, 0.25) is 11.8 Å². The Labute approximate surface area is 293 Å². The van der Waals surface area contributed by atoms with Crippen molar-refractivity contribution in [1.82, 2.24) is 15.1 Å². The maximum absolute atomic E-state index is 14.6. The number of carbonyl (C=O) groups excluding carboxylic acids is 3. The monoisotopic (exact) mass is 672 g/mol. The van der Waals surface area contributed by atoms with Gasteiger partial charge < -0.3 is 20.9 Å². The minimum atomic E-state index is -0.873. The molecule has 252 valence electrons. The Morgan fingerprint density at radius 3 is 2.04 bits per heavy atom. The zero-order valence-corrected chi connectivity index (χ0v) is 29.1. The van der Waals surface area contributed by atoms with Crippen molar-refractivity contribution in [2.45, 2.75) is 44.3 Å². The van der Waals surface area contributed by atoms with Crippen LogP contribution in [0, 0.1) is 0 Å². The first-order valence-corrected chi connectivity index (χ1v) is 17.5. The number of carbonyl (C=O) groups is 3. The minimum Gasteiger partial charge on any atom is -0.354 e. The molecule has 0 spiro atoms. The van der Waals surface area contributed by atoms with E-state index in [0.29, 0.717) is 24.9 Å². The topological polar surface area (TPSA) is 95.7 Å². The second kappa shape index (κ2) is 16.9. The van der Waals surface area contributed by atoms with E-state index in [2.05, 4.69) is 17.4 Å². The van der Waals surface area contributed by atoms with Crippen molar-refractivity contribution in [3.8, 4) is 11.1 Å². The van der Waals surface area contributed by atoms with Crippen LogP contribution in [0.4, 0.5) is 0 Å². The lowest BCUT2D eigenvalue weighted by atomic mass is 9.98. The van der Waals surface area contributed by atoms with E-state index in [1.807, 2.05) is 109 Å². The maximum Gasteiger partial charge on any atom is 0.254 e. The molecule has 49 heavy (non-hydrogen) atoms. The highest BCUT2D eigenvalue weighted by Crippen LogP contribution is 2.23. The van der Waals surface area contributed by atoms with Gasteiger partial charge in [0.25, 0.3) is 5.91 Å².